The lowest BCUT2D eigenvalue weighted by atomic mass is 9.95. The van der Waals surface area contributed by atoms with Crippen LogP contribution in [0, 0.1) is 10.8 Å². The summed E-state index contributed by atoms with van der Waals surface area (Å²) in [6, 6.07) is 5.73. The average Bonchev–Trinajstić information content (AvgIpc) is 2.35. The van der Waals surface area contributed by atoms with Crippen molar-refractivity contribution >= 4 is 39.0 Å². The van der Waals surface area contributed by atoms with Gasteiger partial charge in [-0.25, -0.2) is 0 Å². The molecular weight excluding hydrogens is 296 g/mol. The lowest BCUT2D eigenvalue weighted by Crippen LogP contribution is -2.21. The standard InChI is InChI=1S/C10H6O5S.ClH.N2/c11-8-5-9(16(13,14)15)6-3-1-2-4-7(6)10(8)12;;1-2/h1-5H,(H,13,14,15);1H;. The molecule has 0 unspecified atom stereocenters. The van der Waals surface area contributed by atoms with E-state index in [-0.39, 0.29) is 23.5 Å². The number of hydrogen-bond donors (Lipinski definition) is 1. The van der Waals surface area contributed by atoms with Crippen molar-refractivity contribution in [3.63, 3.8) is 0 Å². The van der Waals surface area contributed by atoms with E-state index in [9.17, 15) is 18.0 Å². The van der Waals surface area contributed by atoms with Crippen LogP contribution in [0.15, 0.2) is 30.3 Å². The Balaban J connectivity index is 0.00000103. The summed E-state index contributed by atoms with van der Waals surface area (Å²) in [6.07, 6.45) is 0.639. The molecule has 1 aromatic rings. The number of rotatable bonds is 1. The summed E-state index contributed by atoms with van der Waals surface area (Å²) in [6.45, 7) is 0. The van der Waals surface area contributed by atoms with E-state index in [1.807, 2.05) is 0 Å². The molecule has 0 fully saturated rings. The van der Waals surface area contributed by atoms with Crippen LogP contribution in [-0.2, 0) is 14.9 Å². The Kier molecular flexibility index (Phi) is 5.52. The highest BCUT2D eigenvalue weighted by atomic mass is 35.5. The molecule has 0 radical (unpaired) electrons. The molecule has 1 N–H and O–H groups in total. The molecular formula is C10H7ClN2O5S. The van der Waals surface area contributed by atoms with Crippen LogP contribution in [0.25, 0.3) is 4.91 Å². The van der Waals surface area contributed by atoms with Gasteiger partial charge in [0.1, 0.15) is 4.91 Å². The van der Waals surface area contributed by atoms with Crippen LogP contribution in [0.5, 0.6) is 0 Å². The summed E-state index contributed by atoms with van der Waals surface area (Å²) < 4.78 is 31.0. The summed E-state index contributed by atoms with van der Waals surface area (Å²) in [5.74, 6) is -1.73. The van der Waals surface area contributed by atoms with Crippen molar-refractivity contribution in [3.8, 4) is 0 Å². The smallest absolute Gasteiger partial charge is 0.286 e. The summed E-state index contributed by atoms with van der Waals surface area (Å²) in [4.78, 5) is 22.1. The zero-order chi connectivity index (χ0) is 13.9. The molecule has 7 nitrogen and oxygen atoms in total. The SMILES string of the molecule is Cl.N#N.O=C1C=C(S(=O)(=O)O)c2ccccc2C1=O. The van der Waals surface area contributed by atoms with Gasteiger partial charge in [0.05, 0.1) is 0 Å². The first-order valence-corrected chi connectivity index (χ1v) is 5.92. The molecule has 1 aromatic carbocycles. The van der Waals surface area contributed by atoms with Gasteiger partial charge >= 0.3 is 0 Å². The molecule has 0 heterocycles. The van der Waals surface area contributed by atoms with Crippen molar-refractivity contribution in [1.82, 2.24) is 0 Å². The van der Waals surface area contributed by atoms with Crippen LogP contribution in [0.1, 0.15) is 15.9 Å². The number of carbonyl (C=O) groups is 2. The Bertz CT molecular complexity index is 678. The molecule has 0 atom stereocenters. The quantitative estimate of drug-likeness (QED) is 0.466. The third-order valence-corrected chi connectivity index (χ3v) is 3.09. The van der Waals surface area contributed by atoms with Crippen LogP contribution in [0.3, 0.4) is 0 Å². The third-order valence-electron chi connectivity index (χ3n) is 2.20. The van der Waals surface area contributed by atoms with Gasteiger partial charge in [-0.1, -0.05) is 24.3 Å². The Hall–Kier alpha value is -2.08. The molecule has 0 saturated carbocycles. The van der Waals surface area contributed by atoms with Crippen molar-refractivity contribution in [3.05, 3.63) is 41.5 Å². The predicted molar refractivity (Wildman–Crippen MR) is 66.0 cm³/mol. The minimum Gasteiger partial charge on any atom is -0.286 e. The van der Waals surface area contributed by atoms with E-state index in [4.69, 9.17) is 15.3 Å². The molecule has 0 saturated heterocycles. The summed E-state index contributed by atoms with van der Waals surface area (Å²) in [5.41, 5.74) is 0.0391. The molecule has 100 valence electrons. The van der Waals surface area contributed by atoms with E-state index >= 15 is 0 Å². The Morgan fingerprint density at radius 3 is 1.95 bits per heavy atom. The normalized spacial score (nSPS) is 13.3. The number of carbonyl (C=O) groups excluding carboxylic acids is 2. The van der Waals surface area contributed by atoms with E-state index in [0.717, 1.165) is 0 Å². The second kappa shape index (κ2) is 6.19. The lowest BCUT2D eigenvalue weighted by molar-refractivity contribution is -0.110. The average molecular weight is 303 g/mol. The molecule has 0 bridgehead atoms. The fourth-order valence-corrected chi connectivity index (χ4v) is 2.22. The number of halogens is 1. The molecule has 0 spiro atoms. The van der Waals surface area contributed by atoms with Crippen molar-refractivity contribution in [2.45, 2.75) is 0 Å². The minimum atomic E-state index is -4.51. The van der Waals surface area contributed by atoms with Gasteiger partial charge in [-0.15, -0.1) is 12.4 Å². The topological polar surface area (TPSA) is 136 Å². The number of ketones is 2. The first-order chi connectivity index (χ1) is 8.41. The predicted octanol–water partition coefficient (Wildman–Crippen LogP) is 1.13. The monoisotopic (exact) mass is 302 g/mol. The molecule has 0 aromatic heterocycles. The Morgan fingerprint density at radius 2 is 1.47 bits per heavy atom. The zero-order valence-corrected chi connectivity index (χ0v) is 10.8. The largest absolute Gasteiger partial charge is 0.295 e. The van der Waals surface area contributed by atoms with E-state index in [1.54, 1.807) is 0 Å². The van der Waals surface area contributed by atoms with E-state index in [2.05, 4.69) is 0 Å². The van der Waals surface area contributed by atoms with Crippen LogP contribution in [0.2, 0.25) is 0 Å². The molecule has 19 heavy (non-hydrogen) atoms. The van der Waals surface area contributed by atoms with Gasteiger partial charge in [-0.2, -0.15) is 8.42 Å². The molecule has 9 heteroatoms. The van der Waals surface area contributed by atoms with Gasteiger partial charge in [-0.05, 0) is 0 Å². The summed E-state index contributed by atoms with van der Waals surface area (Å²) in [7, 11) is -4.51. The third kappa shape index (κ3) is 3.23. The van der Waals surface area contributed by atoms with Gasteiger partial charge < -0.3 is 0 Å². The van der Waals surface area contributed by atoms with Crippen LogP contribution >= 0.6 is 12.4 Å². The first-order valence-electron chi connectivity index (χ1n) is 4.48. The number of Topliss-reactive ketones (excluding diaryl/α,β-unsaturated/α-hetero) is 1. The number of benzene rings is 1. The van der Waals surface area contributed by atoms with Gasteiger partial charge in [0.15, 0.2) is 0 Å². The maximum absolute atomic E-state index is 11.4. The first kappa shape index (κ1) is 16.9. The van der Waals surface area contributed by atoms with Gasteiger partial charge in [-0.3, -0.25) is 14.1 Å². The Morgan fingerprint density at radius 1 is 1.00 bits per heavy atom. The van der Waals surface area contributed by atoms with E-state index in [0.29, 0.717) is 6.08 Å². The van der Waals surface area contributed by atoms with E-state index < -0.39 is 26.6 Å². The van der Waals surface area contributed by atoms with Gasteiger partial charge in [0.2, 0.25) is 11.6 Å². The van der Waals surface area contributed by atoms with Crippen molar-refractivity contribution < 1.29 is 22.6 Å². The number of fused-ring (bicyclic) bond motifs is 1. The molecule has 2 rings (SSSR count). The van der Waals surface area contributed by atoms with E-state index in [1.165, 1.54) is 24.3 Å². The van der Waals surface area contributed by atoms with Crippen LogP contribution < -0.4 is 0 Å². The summed E-state index contributed by atoms with van der Waals surface area (Å²) >= 11 is 0. The highest BCUT2D eigenvalue weighted by Crippen LogP contribution is 2.28. The molecule has 0 aliphatic heterocycles. The maximum Gasteiger partial charge on any atom is 0.295 e. The minimum absolute atomic E-state index is 0. The number of hydrogen-bond acceptors (Lipinski definition) is 6. The van der Waals surface area contributed by atoms with Gasteiger partial charge in [0.25, 0.3) is 10.1 Å². The lowest BCUT2D eigenvalue weighted by Gasteiger charge is -2.13. The second-order valence-electron chi connectivity index (χ2n) is 3.22. The van der Waals surface area contributed by atoms with Crippen LogP contribution in [-0.4, -0.2) is 24.5 Å². The fraction of sp³-hybridized carbons (Fsp3) is 0. The summed E-state index contributed by atoms with van der Waals surface area (Å²) in [5, 5.41) is 12.0. The van der Waals surface area contributed by atoms with Crippen molar-refractivity contribution in [1.29, 1.82) is 10.8 Å². The Labute approximate surface area is 114 Å². The fourth-order valence-electron chi connectivity index (χ4n) is 1.50. The number of nitrogens with zero attached hydrogens (tertiary/aromatic N) is 2. The molecule has 1 aliphatic carbocycles. The van der Waals surface area contributed by atoms with Crippen molar-refractivity contribution in [2.24, 2.45) is 0 Å². The second-order valence-corrected chi connectivity index (χ2v) is 4.61. The maximum atomic E-state index is 11.4. The number of allylic oxidation sites excluding steroid dienone is 1. The van der Waals surface area contributed by atoms with Crippen molar-refractivity contribution in [2.75, 3.05) is 0 Å². The molecule has 1 aliphatic rings. The highest BCUT2D eigenvalue weighted by molar-refractivity contribution is 7.95. The zero-order valence-electron chi connectivity index (χ0n) is 9.18. The van der Waals surface area contributed by atoms with Crippen LogP contribution in [0.4, 0.5) is 0 Å². The molecule has 0 amide bonds. The van der Waals surface area contributed by atoms with Gasteiger partial charge in [0, 0.05) is 28.0 Å². The highest BCUT2D eigenvalue weighted by Gasteiger charge is 2.30.